The molecule has 0 N–H and O–H groups in total. The third-order valence-electron chi connectivity index (χ3n) is 3.25. The Morgan fingerprint density at radius 2 is 2.11 bits per heavy atom. The molecular formula is C15H16N2S. The highest BCUT2D eigenvalue weighted by molar-refractivity contribution is 7.07. The third kappa shape index (κ3) is 2.06. The highest BCUT2D eigenvalue weighted by Crippen LogP contribution is 2.17. The number of aryl methyl sites for hydroxylation is 3. The van der Waals surface area contributed by atoms with Gasteiger partial charge in [-0.2, -0.15) is 11.3 Å². The number of para-hydroxylation sites is 2. The van der Waals surface area contributed by atoms with Crippen molar-refractivity contribution in [2.24, 2.45) is 0 Å². The molecule has 3 rings (SSSR count). The minimum atomic E-state index is 0.984. The van der Waals surface area contributed by atoms with Crippen molar-refractivity contribution in [1.82, 2.24) is 9.55 Å². The molecule has 0 spiro atoms. The average molecular weight is 256 g/mol. The minimum Gasteiger partial charge on any atom is -0.328 e. The fraction of sp³-hybridized carbons (Fsp3) is 0.267. The van der Waals surface area contributed by atoms with Crippen molar-refractivity contribution >= 4 is 22.4 Å². The molecule has 0 unspecified atom stereocenters. The predicted molar refractivity (Wildman–Crippen MR) is 77.1 cm³/mol. The van der Waals surface area contributed by atoms with Crippen LogP contribution in [-0.4, -0.2) is 9.55 Å². The maximum atomic E-state index is 4.70. The van der Waals surface area contributed by atoms with Gasteiger partial charge in [0.2, 0.25) is 0 Å². The second-order valence-electron chi connectivity index (χ2n) is 4.40. The summed E-state index contributed by atoms with van der Waals surface area (Å²) in [5, 5.41) is 4.37. The maximum Gasteiger partial charge on any atom is 0.109 e. The van der Waals surface area contributed by atoms with E-state index in [9.17, 15) is 0 Å². The molecule has 0 saturated heterocycles. The van der Waals surface area contributed by atoms with Crippen molar-refractivity contribution in [3.05, 3.63) is 52.5 Å². The number of rotatable bonds is 4. The number of nitrogens with zero attached hydrogens (tertiary/aromatic N) is 2. The lowest BCUT2D eigenvalue weighted by Crippen LogP contribution is -2.05. The van der Waals surface area contributed by atoms with Crippen LogP contribution in [0.2, 0.25) is 0 Å². The van der Waals surface area contributed by atoms with Gasteiger partial charge in [0.15, 0.2) is 0 Å². The first-order valence-electron chi connectivity index (χ1n) is 6.33. The molecule has 0 radical (unpaired) electrons. The van der Waals surface area contributed by atoms with E-state index < -0.39 is 0 Å². The molecule has 2 nitrogen and oxygen atoms in total. The Balaban J connectivity index is 1.94. The summed E-state index contributed by atoms with van der Waals surface area (Å²) in [6, 6.07) is 10.6. The molecular weight excluding hydrogens is 240 g/mol. The molecule has 92 valence electrons. The Hall–Kier alpha value is -1.61. The first-order chi connectivity index (χ1) is 8.88. The van der Waals surface area contributed by atoms with Crippen molar-refractivity contribution in [2.45, 2.75) is 26.3 Å². The van der Waals surface area contributed by atoms with Gasteiger partial charge in [-0.25, -0.2) is 4.98 Å². The number of aromatic nitrogens is 2. The summed E-state index contributed by atoms with van der Waals surface area (Å²) in [5.41, 5.74) is 3.78. The van der Waals surface area contributed by atoms with Gasteiger partial charge >= 0.3 is 0 Å². The normalized spacial score (nSPS) is 11.2. The third-order valence-corrected chi connectivity index (χ3v) is 3.99. The number of hydrogen-bond donors (Lipinski definition) is 0. The Bertz CT molecular complexity index is 638. The summed E-state index contributed by atoms with van der Waals surface area (Å²) in [5.74, 6) is 1.19. The first-order valence-corrected chi connectivity index (χ1v) is 7.28. The van der Waals surface area contributed by atoms with Crippen LogP contribution < -0.4 is 0 Å². The molecule has 3 heteroatoms. The van der Waals surface area contributed by atoms with Crippen LogP contribution in [0, 0.1) is 0 Å². The molecule has 18 heavy (non-hydrogen) atoms. The predicted octanol–water partition coefficient (Wildman–Crippen LogP) is 3.90. The van der Waals surface area contributed by atoms with Gasteiger partial charge in [0.05, 0.1) is 11.0 Å². The second kappa shape index (κ2) is 4.94. The van der Waals surface area contributed by atoms with Gasteiger partial charge in [-0.15, -0.1) is 0 Å². The van der Waals surface area contributed by atoms with Gasteiger partial charge in [-0.3, -0.25) is 0 Å². The zero-order chi connectivity index (χ0) is 12.4. The van der Waals surface area contributed by atoms with Crippen LogP contribution in [0.4, 0.5) is 0 Å². The Labute approximate surface area is 111 Å². The van der Waals surface area contributed by atoms with E-state index in [1.165, 1.54) is 16.9 Å². The van der Waals surface area contributed by atoms with Gasteiger partial charge < -0.3 is 4.57 Å². The second-order valence-corrected chi connectivity index (χ2v) is 5.18. The molecule has 2 heterocycles. The fourth-order valence-corrected chi connectivity index (χ4v) is 3.02. The van der Waals surface area contributed by atoms with Crippen LogP contribution in [0.5, 0.6) is 0 Å². The molecule has 0 aliphatic carbocycles. The number of fused-ring (bicyclic) bond motifs is 1. The molecule has 0 bridgehead atoms. The molecule has 2 aromatic heterocycles. The van der Waals surface area contributed by atoms with Crippen LogP contribution in [0.25, 0.3) is 11.0 Å². The molecule has 0 saturated carbocycles. The molecule has 1 aromatic carbocycles. The van der Waals surface area contributed by atoms with E-state index >= 15 is 0 Å². The molecule has 0 fully saturated rings. The monoisotopic (exact) mass is 256 g/mol. The summed E-state index contributed by atoms with van der Waals surface area (Å²) >= 11 is 1.77. The molecule has 3 aromatic rings. The number of benzene rings is 1. The van der Waals surface area contributed by atoms with Crippen molar-refractivity contribution < 1.29 is 0 Å². The van der Waals surface area contributed by atoms with E-state index in [0.29, 0.717) is 0 Å². The van der Waals surface area contributed by atoms with Gasteiger partial charge in [-0.1, -0.05) is 19.1 Å². The smallest absolute Gasteiger partial charge is 0.109 e. The largest absolute Gasteiger partial charge is 0.328 e. The zero-order valence-corrected chi connectivity index (χ0v) is 11.3. The standard InChI is InChI=1S/C15H16N2S/c1-2-15-16-13-5-3-4-6-14(13)17(15)9-7-12-8-10-18-11-12/h3-6,8,10-11H,2,7,9H2,1H3. The van der Waals surface area contributed by atoms with Gasteiger partial charge in [0, 0.05) is 13.0 Å². The van der Waals surface area contributed by atoms with Crippen LogP contribution in [0.15, 0.2) is 41.1 Å². The van der Waals surface area contributed by atoms with Crippen molar-refractivity contribution in [2.75, 3.05) is 0 Å². The minimum absolute atomic E-state index is 0.984. The quantitative estimate of drug-likeness (QED) is 0.692. The summed E-state index contributed by atoms with van der Waals surface area (Å²) in [6.45, 7) is 3.18. The molecule has 0 aliphatic rings. The summed E-state index contributed by atoms with van der Waals surface area (Å²) < 4.78 is 2.35. The van der Waals surface area contributed by atoms with Crippen LogP contribution in [0.3, 0.4) is 0 Å². The lowest BCUT2D eigenvalue weighted by molar-refractivity contribution is 0.675. The topological polar surface area (TPSA) is 17.8 Å². The lowest BCUT2D eigenvalue weighted by atomic mass is 10.2. The number of imidazole rings is 1. The fourth-order valence-electron chi connectivity index (χ4n) is 2.32. The molecule has 0 amide bonds. The highest BCUT2D eigenvalue weighted by atomic mass is 32.1. The van der Waals surface area contributed by atoms with Crippen LogP contribution in [-0.2, 0) is 19.4 Å². The Morgan fingerprint density at radius 1 is 1.22 bits per heavy atom. The van der Waals surface area contributed by atoms with Crippen molar-refractivity contribution in [3.63, 3.8) is 0 Å². The van der Waals surface area contributed by atoms with E-state index in [2.05, 4.69) is 52.6 Å². The zero-order valence-electron chi connectivity index (χ0n) is 10.5. The number of hydrogen-bond acceptors (Lipinski definition) is 2. The summed E-state index contributed by atoms with van der Waals surface area (Å²) in [6.07, 6.45) is 2.06. The van der Waals surface area contributed by atoms with Gasteiger partial charge in [0.25, 0.3) is 0 Å². The summed E-state index contributed by atoms with van der Waals surface area (Å²) in [4.78, 5) is 4.70. The highest BCUT2D eigenvalue weighted by Gasteiger charge is 2.08. The Kier molecular flexibility index (Phi) is 3.15. The molecule has 0 aliphatic heterocycles. The number of thiophene rings is 1. The SMILES string of the molecule is CCc1nc2ccccc2n1CCc1ccsc1. The first kappa shape index (κ1) is 11.5. The van der Waals surface area contributed by atoms with E-state index in [4.69, 9.17) is 4.98 Å². The maximum absolute atomic E-state index is 4.70. The van der Waals surface area contributed by atoms with Gasteiger partial charge in [0.1, 0.15) is 5.82 Å². The Morgan fingerprint density at radius 3 is 2.89 bits per heavy atom. The van der Waals surface area contributed by atoms with Gasteiger partial charge in [-0.05, 0) is 40.9 Å². The van der Waals surface area contributed by atoms with Crippen molar-refractivity contribution in [1.29, 1.82) is 0 Å². The van der Waals surface area contributed by atoms with E-state index in [-0.39, 0.29) is 0 Å². The van der Waals surface area contributed by atoms with Crippen LogP contribution in [0.1, 0.15) is 18.3 Å². The molecule has 0 atom stereocenters. The van der Waals surface area contributed by atoms with Crippen molar-refractivity contribution in [3.8, 4) is 0 Å². The average Bonchev–Trinajstić information content (AvgIpc) is 3.03. The van der Waals surface area contributed by atoms with Crippen LogP contribution >= 0.6 is 11.3 Å². The van der Waals surface area contributed by atoms with E-state index in [1.54, 1.807) is 11.3 Å². The lowest BCUT2D eigenvalue weighted by Gasteiger charge is -2.07. The van der Waals surface area contributed by atoms with E-state index in [0.717, 1.165) is 24.9 Å². The summed E-state index contributed by atoms with van der Waals surface area (Å²) in [7, 11) is 0. The van der Waals surface area contributed by atoms with E-state index in [1.807, 2.05) is 0 Å².